The Kier molecular flexibility index (Phi) is 11.7. The van der Waals surface area contributed by atoms with Crippen LogP contribution in [-0.2, 0) is 0 Å². The molecule has 0 saturated carbocycles. The zero-order chi connectivity index (χ0) is 9.98. The second-order valence-electron chi connectivity index (χ2n) is 2.40. The Hall–Kier alpha value is -0.780. The average molecular weight is 166 g/mol. The van der Waals surface area contributed by atoms with Gasteiger partial charge >= 0.3 is 0 Å². The maximum Gasteiger partial charge on any atom is -0.0311 e. The Morgan fingerprint density at radius 1 is 1.25 bits per heavy atom. The number of hydrogen-bond acceptors (Lipinski definition) is 0. The van der Waals surface area contributed by atoms with Gasteiger partial charge in [0.15, 0.2) is 0 Å². The van der Waals surface area contributed by atoms with Crippen LogP contribution >= 0.6 is 0 Å². The predicted octanol–water partition coefficient (Wildman–Crippen LogP) is 4.50. The van der Waals surface area contributed by atoms with Crippen LogP contribution in [-0.4, -0.2) is 0 Å². The van der Waals surface area contributed by atoms with Gasteiger partial charge in [0.05, 0.1) is 0 Å². The van der Waals surface area contributed by atoms with Gasteiger partial charge in [-0.2, -0.15) is 0 Å². The van der Waals surface area contributed by atoms with Crippen molar-refractivity contribution in [3.8, 4) is 0 Å². The van der Waals surface area contributed by atoms with Crippen molar-refractivity contribution in [2.45, 2.75) is 41.0 Å². The van der Waals surface area contributed by atoms with Gasteiger partial charge < -0.3 is 0 Å². The summed E-state index contributed by atoms with van der Waals surface area (Å²) in [6, 6.07) is 0. The highest BCUT2D eigenvalue weighted by Gasteiger charge is 1.82. The summed E-state index contributed by atoms with van der Waals surface area (Å²) in [6.45, 7) is 14.0. The summed E-state index contributed by atoms with van der Waals surface area (Å²) in [6.07, 6.45) is 7.38. The van der Waals surface area contributed by atoms with E-state index in [1.807, 2.05) is 26.8 Å². The lowest BCUT2D eigenvalue weighted by atomic mass is 10.1. The first kappa shape index (κ1) is 13.8. The van der Waals surface area contributed by atoms with Gasteiger partial charge in [0.2, 0.25) is 0 Å². The van der Waals surface area contributed by atoms with E-state index in [2.05, 4.69) is 32.6 Å². The molecule has 0 nitrogen and oxygen atoms in total. The summed E-state index contributed by atoms with van der Waals surface area (Å²) in [5.74, 6) is 0. The fourth-order valence-electron chi connectivity index (χ4n) is 0.667. The molecule has 0 aliphatic heterocycles. The van der Waals surface area contributed by atoms with Gasteiger partial charge in [-0.25, -0.2) is 0 Å². The Morgan fingerprint density at radius 2 is 1.75 bits per heavy atom. The standard InChI is InChI=1S/C10H16.C2H6/c1-5-10(6-2)8-7-9(3)4;1-2/h5,7-8H,3,6H2,1-2,4H3;1-2H3/b8-7-,10-5-;. The molecule has 0 atom stereocenters. The monoisotopic (exact) mass is 166 g/mol. The molecule has 0 saturated heterocycles. The summed E-state index contributed by atoms with van der Waals surface area (Å²) >= 11 is 0. The van der Waals surface area contributed by atoms with E-state index in [1.165, 1.54) is 5.57 Å². The summed E-state index contributed by atoms with van der Waals surface area (Å²) in [5, 5.41) is 0. The van der Waals surface area contributed by atoms with Crippen LogP contribution in [0, 0.1) is 0 Å². The first-order chi connectivity index (χ1) is 5.70. The molecule has 12 heavy (non-hydrogen) atoms. The first-order valence-electron chi connectivity index (χ1n) is 4.69. The van der Waals surface area contributed by atoms with Crippen LogP contribution in [0.2, 0.25) is 0 Å². The SMILES string of the molecule is C=C(C)/C=C\C(=C/C)CC.CC. The lowest BCUT2D eigenvalue weighted by Gasteiger charge is -1.92. The largest absolute Gasteiger partial charge is 0.0961 e. The van der Waals surface area contributed by atoms with Gasteiger partial charge in [0, 0.05) is 0 Å². The molecule has 0 aliphatic carbocycles. The quantitative estimate of drug-likeness (QED) is 0.541. The zero-order valence-corrected chi connectivity index (χ0v) is 9.15. The average Bonchev–Trinajstić information content (AvgIpc) is 2.09. The van der Waals surface area contributed by atoms with Crippen LogP contribution in [0.5, 0.6) is 0 Å². The lowest BCUT2D eigenvalue weighted by molar-refractivity contribution is 1.14. The van der Waals surface area contributed by atoms with E-state index in [0.717, 1.165) is 12.0 Å². The molecule has 0 aromatic heterocycles. The molecule has 0 radical (unpaired) electrons. The summed E-state index contributed by atoms with van der Waals surface area (Å²) in [5.41, 5.74) is 2.47. The first-order valence-corrected chi connectivity index (χ1v) is 4.69. The van der Waals surface area contributed by atoms with Crippen LogP contribution in [0.4, 0.5) is 0 Å². The van der Waals surface area contributed by atoms with Gasteiger partial charge in [0.25, 0.3) is 0 Å². The minimum Gasteiger partial charge on any atom is -0.0961 e. The highest BCUT2D eigenvalue weighted by atomic mass is 13.9. The van der Waals surface area contributed by atoms with Crippen molar-refractivity contribution in [3.05, 3.63) is 36.0 Å². The Morgan fingerprint density at radius 3 is 2.00 bits per heavy atom. The topological polar surface area (TPSA) is 0 Å². The molecular formula is C12H22. The molecule has 0 aromatic carbocycles. The van der Waals surface area contributed by atoms with Gasteiger partial charge in [0.1, 0.15) is 0 Å². The van der Waals surface area contributed by atoms with Gasteiger partial charge in [-0.3, -0.25) is 0 Å². The third-order valence-electron chi connectivity index (χ3n) is 1.36. The van der Waals surface area contributed by atoms with Crippen molar-refractivity contribution in [3.63, 3.8) is 0 Å². The van der Waals surface area contributed by atoms with Gasteiger partial charge in [-0.15, -0.1) is 0 Å². The minimum atomic E-state index is 1.10. The zero-order valence-electron chi connectivity index (χ0n) is 9.15. The molecule has 70 valence electrons. The predicted molar refractivity (Wildman–Crippen MR) is 59.4 cm³/mol. The fraction of sp³-hybridized carbons (Fsp3) is 0.500. The minimum absolute atomic E-state index is 1.10. The van der Waals surface area contributed by atoms with Crippen LogP contribution < -0.4 is 0 Å². The van der Waals surface area contributed by atoms with E-state index >= 15 is 0 Å². The highest BCUT2D eigenvalue weighted by molar-refractivity contribution is 5.24. The Labute approximate surface area is 77.7 Å². The van der Waals surface area contributed by atoms with Gasteiger partial charge in [-0.1, -0.05) is 56.7 Å². The molecule has 0 fully saturated rings. The third-order valence-corrected chi connectivity index (χ3v) is 1.36. The van der Waals surface area contributed by atoms with Crippen LogP contribution in [0.3, 0.4) is 0 Å². The number of allylic oxidation sites excluding steroid dienone is 5. The Balaban J connectivity index is 0. The second kappa shape index (κ2) is 10.2. The van der Waals surface area contributed by atoms with E-state index in [4.69, 9.17) is 0 Å². The lowest BCUT2D eigenvalue weighted by Crippen LogP contribution is -1.72. The molecule has 0 rings (SSSR count). The molecule has 0 heterocycles. The van der Waals surface area contributed by atoms with Crippen molar-refractivity contribution >= 4 is 0 Å². The van der Waals surface area contributed by atoms with E-state index in [0.29, 0.717) is 0 Å². The Bertz CT molecular complexity index is 159. The smallest absolute Gasteiger partial charge is 0.0311 e. The van der Waals surface area contributed by atoms with Crippen molar-refractivity contribution in [1.82, 2.24) is 0 Å². The molecule has 0 heteroatoms. The van der Waals surface area contributed by atoms with Crippen LogP contribution in [0.1, 0.15) is 41.0 Å². The molecule has 0 amide bonds. The molecular weight excluding hydrogens is 144 g/mol. The van der Waals surface area contributed by atoms with E-state index in [1.54, 1.807) is 0 Å². The molecule has 0 aromatic rings. The van der Waals surface area contributed by atoms with Crippen LogP contribution in [0.15, 0.2) is 36.0 Å². The number of rotatable bonds is 3. The van der Waals surface area contributed by atoms with Crippen molar-refractivity contribution in [1.29, 1.82) is 0 Å². The second-order valence-corrected chi connectivity index (χ2v) is 2.40. The fourth-order valence-corrected chi connectivity index (χ4v) is 0.667. The third kappa shape index (κ3) is 9.22. The molecule has 0 spiro atoms. The molecule has 0 bridgehead atoms. The summed E-state index contributed by atoms with van der Waals surface area (Å²) in [7, 11) is 0. The number of hydrogen-bond donors (Lipinski definition) is 0. The molecule has 0 unspecified atom stereocenters. The summed E-state index contributed by atoms with van der Waals surface area (Å²) in [4.78, 5) is 0. The van der Waals surface area contributed by atoms with E-state index < -0.39 is 0 Å². The molecule has 0 N–H and O–H groups in total. The maximum atomic E-state index is 3.78. The maximum absolute atomic E-state index is 3.78. The van der Waals surface area contributed by atoms with Crippen molar-refractivity contribution < 1.29 is 0 Å². The van der Waals surface area contributed by atoms with E-state index in [-0.39, 0.29) is 0 Å². The summed E-state index contributed by atoms with van der Waals surface area (Å²) < 4.78 is 0. The molecule has 0 aliphatic rings. The van der Waals surface area contributed by atoms with Crippen LogP contribution in [0.25, 0.3) is 0 Å². The van der Waals surface area contributed by atoms with Gasteiger partial charge in [-0.05, 0) is 20.3 Å². The van der Waals surface area contributed by atoms with Crippen molar-refractivity contribution in [2.75, 3.05) is 0 Å². The normalized spacial score (nSPS) is 10.9. The highest BCUT2D eigenvalue weighted by Crippen LogP contribution is 2.03. The van der Waals surface area contributed by atoms with Crippen molar-refractivity contribution in [2.24, 2.45) is 0 Å². The van der Waals surface area contributed by atoms with E-state index in [9.17, 15) is 0 Å².